The number of ether oxygens (including phenoxy) is 2. The molecule has 0 radical (unpaired) electrons. The Kier molecular flexibility index (Phi) is 5.13. The van der Waals surface area contributed by atoms with Crippen molar-refractivity contribution in [1.82, 2.24) is 0 Å². The smallest absolute Gasteiger partial charge is 0.379 e. The first-order valence-electron chi connectivity index (χ1n) is 5.63. The number of phenolic OH excluding ortho intramolecular Hbond substituents is 1. The minimum absolute atomic E-state index is 0.108. The van der Waals surface area contributed by atoms with Gasteiger partial charge in [0, 0.05) is 0 Å². The van der Waals surface area contributed by atoms with Gasteiger partial charge in [-0.05, 0) is 19.1 Å². The number of benzene rings is 1. The normalized spacial score (nSPS) is 12.9. The van der Waals surface area contributed by atoms with E-state index < -0.39 is 29.2 Å². The zero-order valence-corrected chi connectivity index (χ0v) is 11.6. The number of esters is 1. The van der Waals surface area contributed by atoms with Crippen LogP contribution >= 0.6 is 11.6 Å². The molecular weight excluding hydrogens is 296 g/mol. The van der Waals surface area contributed by atoms with Crippen LogP contribution in [0.1, 0.15) is 18.5 Å². The highest BCUT2D eigenvalue weighted by Gasteiger charge is 2.49. The summed E-state index contributed by atoms with van der Waals surface area (Å²) in [7, 11) is 1.21. The molecule has 5 nitrogen and oxygen atoms in total. The number of aromatic hydroxyl groups is 1. The molecule has 0 saturated carbocycles. The molecule has 0 fully saturated rings. The Morgan fingerprint density at radius 2 is 2.15 bits per heavy atom. The first kappa shape index (κ1) is 16.5. The van der Waals surface area contributed by atoms with Gasteiger partial charge in [-0.25, -0.2) is 4.79 Å². The third-order valence-corrected chi connectivity index (χ3v) is 2.90. The summed E-state index contributed by atoms with van der Waals surface area (Å²) in [6, 6.07) is 0.364. The average Bonchev–Trinajstić information content (AvgIpc) is 2.41. The summed E-state index contributed by atoms with van der Waals surface area (Å²) in [5.41, 5.74) is 4.94. The van der Waals surface area contributed by atoms with Crippen molar-refractivity contribution in [3.63, 3.8) is 0 Å². The molecule has 0 amide bonds. The lowest BCUT2D eigenvalue weighted by Crippen LogP contribution is -2.42. The number of nitrogens with two attached hydrogens (primary N) is 1. The summed E-state index contributed by atoms with van der Waals surface area (Å²) in [5, 5.41) is 9.59. The number of hydrogen-bond donors (Lipinski definition) is 2. The molecule has 0 spiro atoms. The quantitative estimate of drug-likeness (QED) is 0.815. The van der Waals surface area contributed by atoms with Gasteiger partial charge >= 0.3 is 11.9 Å². The molecule has 0 aliphatic heterocycles. The van der Waals surface area contributed by atoms with E-state index in [2.05, 4.69) is 4.74 Å². The molecular formula is C12H14ClF2NO4. The van der Waals surface area contributed by atoms with Gasteiger partial charge in [-0.1, -0.05) is 11.6 Å². The minimum atomic E-state index is -4.04. The molecule has 3 N–H and O–H groups in total. The summed E-state index contributed by atoms with van der Waals surface area (Å²) in [5.74, 6) is -6.59. The van der Waals surface area contributed by atoms with Gasteiger partial charge in [-0.2, -0.15) is 8.78 Å². The molecule has 0 heterocycles. The van der Waals surface area contributed by atoms with Crippen LogP contribution in [-0.4, -0.2) is 30.7 Å². The van der Waals surface area contributed by atoms with Crippen LogP contribution in [0.15, 0.2) is 12.1 Å². The van der Waals surface area contributed by atoms with Gasteiger partial charge in [-0.15, -0.1) is 0 Å². The van der Waals surface area contributed by atoms with E-state index in [-0.39, 0.29) is 17.4 Å². The van der Waals surface area contributed by atoms with Crippen molar-refractivity contribution < 1.29 is 28.2 Å². The number of carbonyl (C=O) groups is 1. The number of methoxy groups -OCH3 is 1. The topological polar surface area (TPSA) is 81.8 Å². The Labute approximate surface area is 119 Å². The molecule has 0 unspecified atom stereocenters. The van der Waals surface area contributed by atoms with Crippen LogP contribution in [0.4, 0.5) is 8.78 Å². The highest BCUT2D eigenvalue weighted by atomic mass is 35.5. The summed E-state index contributed by atoms with van der Waals surface area (Å²) >= 11 is 5.66. The number of alkyl halides is 2. The molecule has 0 bridgehead atoms. The van der Waals surface area contributed by atoms with E-state index in [9.17, 15) is 18.7 Å². The Balaban J connectivity index is 3.30. The van der Waals surface area contributed by atoms with Gasteiger partial charge in [0.05, 0.1) is 24.3 Å². The zero-order chi connectivity index (χ0) is 15.5. The number of hydrogen-bond acceptors (Lipinski definition) is 5. The van der Waals surface area contributed by atoms with E-state index in [1.165, 1.54) is 26.2 Å². The van der Waals surface area contributed by atoms with E-state index in [1.54, 1.807) is 0 Å². The number of halogens is 3. The van der Waals surface area contributed by atoms with Crippen LogP contribution in [-0.2, 0) is 9.53 Å². The molecule has 0 aliphatic rings. The van der Waals surface area contributed by atoms with Gasteiger partial charge < -0.3 is 20.3 Å². The average molecular weight is 310 g/mol. The monoisotopic (exact) mass is 309 g/mol. The van der Waals surface area contributed by atoms with E-state index >= 15 is 0 Å². The standard InChI is InChI=1S/C12H14ClF2NO4/c1-3-20-11(18)12(14,15)10(16)8-7(19-2)5-4-6(13)9(8)17/h4-5,10,17H,3,16H2,1-2H3/t10-/m0/s1. The van der Waals surface area contributed by atoms with Gasteiger partial charge in [0.1, 0.15) is 17.5 Å². The van der Waals surface area contributed by atoms with E-state index in [0.29, 0.717) is 0 Å². The lowest BCUT2D eigenvalue weighted by Gasteiger charge is -2.24. The maximum Gasteiger partial charge on any atom is 0.379 e. The van der Waals surface area contributed by atoms with Crippen molar-refractivity contribution in [1.29, 1.82) is 0 Å². The van der Waals surface area contributed by atoms with Crippen molar-refractivity contribution in [2.45, 2.75) is 18.9 Å². The summed E-state index contributed by atoms with van der Waals surface area (Å²) in [6.45, 7) is 1.16. The highest BCUT2D eigenvalue weighted by Crippen LogP contribution is 2.43. The van der Waals surface area contributed by atoms with Crippen LogP contribution < -0.4 is 10.5 Å². The number of rotatable bonds is 5. The summed E-state index contributed by atoms with van der Waals surface area (Å²) in [4.78, 5) is 11.3. The second-order valence-corrected chi connectivity index (χ2v) is 4.24. The van der Waals surface area contributed by atoms with Crippen LogP contribution in [0.3, 0.4) is 0 Å². The zero-order valence-electron chi connectivity index (χ0n) is 10.8. The fourth-order valence-corrected chi connectivity index (χ4v) is 1.74. The second kappa shape index (κ2) is 6.23. The molecule has 0 aromatic heterocycles. The van der Waals surface area contributed by atoms with Gasteiger partial charge in [-0.3, -0.25) is 0 Å². The van der Waals surface area contributed by atoms with Gasteiger partial charge in [0.2, 0.25) is 0 Å². The van der Waals surface area contributed by atoms with Gasteiger partial charge in [0.15, 0.2) is 0 Å². The predicted molar refractivity (Wildman–Crippen MR) is 68.2 cm³/mol. The molecule has 8 heteroatoms. The van der Waals surface area contributed by atoms with Crippen LogP contribution in [0.25, 0.3) is 0 Å². The lowest BCUT2D eigenvalue weighted by molar-refractivity contribution is -0.174. The molecule has 1 aromatic carbocycles. The Hall–Kier alpha value is -1.60. The number of phenols is 1. The maximum atomic E-state index is 13.9. The van der Waals surface area contributed by atoms with E-state index in [1.807, 2.05) is 0 Å². The fraction of sp³-hybridized carbons (Fsp3) is 0.417. The Morgan fingerprint density at radius 1 is 1.55 bits per heavy atom. The van der Waals surface area contributed by atoms with Crippen molar-refractivity contribution in [3.05, 3.63) is 22.7 Å². The van der Waals surface area contributed by atoms with Gasteiger partial charge in [0.25, 0.3) is 0 Å². The van der Waals surface area contributed by atoms with Crippen LogP contribution in [0, 0.1) is 0 Å². The molecule has 20 heavy (non-hydrogen) atoms. The predicted octanol–water partition coefficient (Wildman–Crippen LogP) is 2.25. The molecule has 1 rings (SSSR count). The van der Waals surface area contributed by atoms with Crippen molar-refractivity contribution >= 4 is 17.6 Å². The van der Waals surface area contributed by atoms with Crippen molar-refractivity contribution in [3.8, 4) is 11.5 Å². The Morgan fingerprint density at radius 3 is 2.65 bits per heavy atom. The van der Waals surface area contributed by atoms with E-state index in [0.717, 1.165) is 0 Å². The molecule has 0 saturated heterocycles. The second-order valence-electron chi connectivity index (χ2n) is 3.83. The largest absolute Gasteiger partial charge is 0.506 e. The minimum Gasteiger partial charge on any atom is -0.506 e. The van der Waals surface area contributed by atoms with Crippen LogP contribution in [0.2, 0.25) is 5.02 Å². The first-order chi connectivity index (χ1) is 9.27. The molecule has 1 atom stereocenters. The maximum absolute atomic E-state index is 13.9. The highest BCUT2D eigenvalue weighted by molar-refractivity contribution is 6.32. The third-order valence-electron chi connectivity index (χ3n) is 2.60. The van der Waals surface area contributed by atoms with Crippen molar-refractivity contribution in [2.24, 2.45) is 5.73 Å². The Bertz CT molecular complexity index is 510. The van der Waals surface area contributed by atoms with E-state index in [4.69, 9.17) is 22.1 Å². The molecule has 0 aliphatic carbocycles. The molecule has 112 valence electrons. The third kappa shape index (κ3) is 2.94. The van der Waals surface area contributed by atoms with Crippen LogP contribution in [0.5, 0.6) is 11.5 Å². The molecule has 1 aromatic rings. The SMILES string of the molecule is CCOC(=O)C(F)(F)[C@@H](N)c1c(OC)ccc(Cl)c1O. The first-order valence-corrected chi connectivity index (χ1v) is 6.01. The number of carbonyl (C=O) groups excluding carboxylic acids is 1. The fourth-order valence-electron chi connectivity index (χ4n) is 1.58. The summed E-state index contributed by atoms with van der Waals surface area (Å²) < 4.78 is 36.9. The van der Waals surface area contributed by atoms with Crippen molar-refractivity contribution in [2.75, 3.05) is 13.7 Å². The summed E-state index contributed by atoms with van der Waals surface area (Å²) in [6.07, 6.45) is 0. The lowest BCUT2D eigenvalue weighted by atomic mass is 9.99.